The van der Waals surface area contributed by atoms with Crippen LogP contribution < -0.4 is 4.74 Å². The third kappa shape index (κ3) is 3.78. The maximum Gasteiger partial charge on any atom is 0.310 e. The van der Waals surface area contributed by atoms with Crippen LogP contribution in [0.3, 0.4) is 0 Å². The lowest BCUT2D eigenvalue weighted by Crippen LogP contribution is -2.08. The average Bonchev–Trinajstić information content (AvgIpc) is 2.36. The summed E-state index contributed by atoms with van der Waals surface area (Å²) in [6.07, 6.45) is 0.0606. The van der Waals surface area contributed by atoms with Crippen LogP contribution in [0, 0.1) is 11.3 Å². The molecule has 0 atom stereocenters. The molecule has 0 amide bonds. The first-order valence-electron chi connectivity index (χ1n) is 4.92. The Balaban J connectivity index is 2.95. The van der Waals surface area contributed by atoms with Crippen molar-refractivity contribution in [2.24, 2.45) is 0 Å². The predicted molar refractivity (Wildman–Crippen MR) is 59.4 cm³/mol. The Labute approximate surface area is 99.5 Å². The summed E-state index contributed by atoms with van der Waals surface area (Å²) in [5.41, 5.74) is 1.07. The predicted octanol–water partition coefficient (Wildman–Crippen LogP) is 1.26. The first-order chi connectivity index (χ1) is 8.21. The summed E-state index contributed by atoms with van der Waals surface area (Å²) >= 11 is 0. The summed E-state index contributed by atoms with van der Waals surface area (Å²) in [5, 5.41) is 8.79. The highest BCUT2D eigenvalue weighted by atomic mass is 16.7. The normalized spacial score (nSPS) is 9.47. The van der Waals surface area contributed by atoms with Gasteiger partial charge in [-0.3, -0.25) is 4.79 Å². The van der Waals surface area contributed by atoms with Crippen LogP contribution in [0.2, 0.25) is 0 Å². The van der Waals surface area contributed by atoms with Gasteiger partial charge < -0.3 is 14.2 Å². The van der Waals surface area contributed by atoms with Gasteiger partial charge in [0.2, 0.25) is 0 Å². The molecule has 0 aliphatic heterocycles. The fourth-order valence-corrected chi connectivity index (χ4v) is 1.28. The van der Waals surface area contributed by atoms with Crippen LogP contribution in [0.5, 0.6) is 5.75 Å². The molecule has 0 bridgehead atoms. The fraction of sp³-hybridized carbons (Fsp3) is 0.333. The van der Waals surface area contributed by atoms with Crippen molar-refractivity contribution in [2.45, 2.75) is 6.42 Å². The van der Waals surface area contributed by atoms with E-state index in [1.54, 1.807) is 18.2 Å². The molecule has 0 saturated heterocycles. The van der Waals surface area contributed by atoms with Crippen molar-refractivity contribution in [3.8, 4) is 11.8 Å². The molecule has 1 aromatic rings. The summed E-state index contributed by atoms with van der Waals surface area (Å²) in [6, 6.07) is 6.85. The number of methoxy groups -OCH3 is 2. The number of esters is 1. The van der Waals surface area contributed by atoms with Crippen molar-refractivity contribution in [1.82, 2.24) is 0 Å². The fourth-order valence-electron chi connectivity index (χ4n) is 1.28. The van der Waals surface area contributed by atoms with Gasteiger partial charge >= 0.3 is 5.97 Å². The van der Waals surface area contributed by atoms with E-state index in [2.05, 4.69) is 4.74 Å². The molecule has 0 aromatic heterocycles. The molecule has 0 heterocycles. The lowest BCUT2D eigenvalue weighted by atomic mass is 10.1. The van der Waals surface area contributed by atoms with Gasteiger partial charge in [0.25, 0.3) is 0 Å². The average molecular weight is 235 g/mol. The van der Waals surface area contributed by atoms with Crippen LogP contribution >= 0.6 is 0 Å². The first kappa shape index (κ1) is 13.0. The van der Waals surface area contributed by atoms with Gasteiger partial charge in [-0.05, 0) is 18.2 Å². The third-order valence-corrected chi connectivity index (χ3v) is 2.08. The van der Waals surface area contributed by atoms with Crippen LogP contribution in [0.25, 0.3) is 0 Å². The number of hydrogen-bond donors (Lipinski definition) is 0. The molecule has 1 rings (SSSR count). The van der Waals surface area contributed by atoms with E-state index in [1.165, 1.54) is 14.2 Å². The van der Waals surface area contributed by atoms with Crippen molar-refractivity contribution in [1.29, 1.82) is 5.26 Å². The van der Waals surface area contributed by atoms with Gasteiger partial charge in [-0.1, -0.05) is 0 Å². The number of carbonyl (C=O) groups excluding carboxylic acids is 1. The smallest absolute Gasteiger partial charge is 0.310 e. The maximum atomic E-state index is 11.2. The highest BCUT2D eigenvalue weighted by molar-refractivity contribution is 5.73. The molecule has 1 aromatic carbocycles. The second-order valence-electron chi connectivity index (χ2n) is 3.24. The number of benzene rings is 1. The summed E-state index contributed by atoms with van der Waals surface area (Å²) in [5.74, 6) is 0.124. The quantitative estimate of drug-likeness (QED) is 0.567. The molecule has 90 valence electrons. The Hall–Kier alpha value is -2.06. The minimum atomic E-state index is -0.387. The van der Waals surface area contributed by atoms with E-state index in [0.29, 0.717) is 16.9 Å². The zero-order valence-electron chi connectivity index (χ0n) is 9.73. The zero-order valence-corrected chi connectivity index (χ0v) is 9.73. The van der Waals surface area contributed by atoms with Crippen molar-refractivity contribution in [2.75, 3.05) is 21.0 Å². The molecule has 0 fully saturated rings. The van der Waals surface area contributed by atoms with Gasteiger partial charge in [-0.15, -0.1) is 0 Å². The summed E-state index contributed by atoms with van der Waals surface area (Å²) in [4.78, 5) is 11.2. The van der Waals surface area contributed by atoms with E-state index in [9.17, 15) is 4.79 Å². The van der Waals surface area contributed by atoms with Crippen molar-refractivity contribution in [3.05, 3.63) is 29.3 Å². The van der Waals surface area contributed by atoms with E-state index in [1.807, 2.05) is 6.07 Å². The number of ether oxygens (including phenoxy) is 3. The lowest BCUT2D eigenvalue weighted by molar-refractivity contribution is -0.139. The van der Waals surface area contributed by atoms with E-state index < -0.39 is 0 Å². The SMILES string of the molecule is COCOc1ccc(C#N)cc1CC(=O)OC. The molecular formula is C12H13NO4. The minimum Gasteiger partial charge on any atom is -0.469 e. The largest absolute Gasteiger partial charge is 0.469 e. The monoisotopic (exact) mass is 235 g/mol. The summed E-state index contributed by atoms with van der Waals surface area (Å²) < 4.78 is 14.7. The van der Waals surface area contributed by atoms with E-state index in [4.69, 9.17) is 14.7 Å². The highest BCUT2D eigenvalue weighted by Crippen LogP contribution is 2.21. The van der Waals surface area contributed by atoms with Gasteiger partial charge in [-0.25, -0.2) is 0 Å². The van der Waals surface area contributed by atoms with Crippen molar-refractivity contribution in [3.63, 3.8) is 0 Å². The Morgan fingerprint density at radius 1 is 1.41 bits per heavy atom. The number of nitrogens with zero attached hydrogens (tertiary/aromatic N) is 1. The molecular weight excluding hydrogens is 222 g/mol. The van der Waals surface area contributed by atoms with Crippen LogP contribution in [-0.4, -0.2) is 27.0 Å². The topological polar surface area (TPSA) is 68.5 Å². The molecule has 5 nitrogen and oxygen atoms in total. The Morgan fingerprint density at radius 3 is 2.76 bits per heavy atom. The molecule has 0 saturated carbocycles. The molecule has 0 N–H and O–H groups in total. The molecule has 17 heavy (non-hydrogen) atoms. The standard InChI is InChI=1S/C12H13NO4/c1-15-8-17-11-4-3-9(7-13)5-10(11)6-12(14)16-2/h3-5H,6,8H2,1-2H3. The zero-order chi connectivity index (χ0) is 12.7. The van der Waals surface area contributed by atoms with Crippen LogP contribution in [0.4, 0.5) is 0 Å². The Bertz CT molecular complexity index is 437. The maximum absolute atomic E-state index is 11.2. The van der Waals surface area contributed by atoms with E-state index in [-0.39, 0.29) is 19.2 Å². The van der Waals surface area contributed by atoms with Crippen molar-refractivity contribution < 1.29 is 19.0 Å². The minimum absolute atomic E-state index is 0.0606. The summed E-state index contributed by atoms with van der Waals surface area (Å²) in [6.45, 7) is 0.0834. The molecule has 5 heteroatoms. The Morgan fingerprint density at radius 2 is 2.18 bits per heavy atom. The Kier molecular flexibility index (Phi) is 4.98. The van der Waals surface area contributed by atoms with E-state index >= 15 is 0 Å². The number of carbonyl (C=O) groups is 1. The van der Waals surface area contributed by atoms with Crippen LogP contribution in [0.15, 0.2) is 18.2 Å². The number of rotatable bonds is 5. The van der Waals surface area contributed by atoms with Gasteiger partial charge in [0.05, 0.1) is 25.2 Å². The molecule has 0 unspecified atom stereocenters. The van der Waals surface area contributed by atoms with Crippen LogP contribution in [-0.2, 0) is 20.7 Å². The summed E-state index contributed by atoms with van der Waals surface area (Å²) in [7, 11) is 2.82. The highest BCUT2D eigenvalue weighted by Gasteiger charge is 2.10. The first-order valence-corrected chi connectivity index (χ1v) is 4.92. The molecule has 0 spiro atoms. The van der Waals surface area contributed by atoms with E-state index in [0.717, 1.165) is 0 Å². The second kappa shape index (κ2) is 6.51. The molecule has 0 aliphatic carbocycles. The van der Waals surface area contributed by atoms with Gasteiger partial charge in [0, 0.05) is 12.7 Å². The lowest BCUT2D eigenvalue weighted by Gasteiger charge is -2.10. The molecule has 0 radical (unpaired) electrons. The second-order valence-corrected chi connectivity index (χ2v) is 3.24. The van der Waals surface area contributed by atoms with Gasteiger partial charge in [0.15, 0.2) is 6.79 Å². The van der Waals surface area contributed by atoms with Gasteiger partial charge in [-0.2, -0.15) is 5.26 Å². The van der Waals surface area contributed by atoms with Crippen molar-refractivity contribution >= 4 is 5.97 Å². The molecule has 0 aliphatic rings. The van der Waals surface area contributed by atoms with Gasteiger partial charge in [0.1, 0.15) is 5.75 Å². The third-order valence-electron chi connectivity index (χ3n) is 2.08. The van der Waals surface area contributed by atoms with Crippen LogP contribution in [0.1, 0.15) is 11.1 Å². The number of hydrogen-bond acceptors (Lipinski definition) is 5. The number of nitriles is 1.